The zero-order chi connectivity index (χ0) is 24.3. The van der Waals surface area contributed by atoms with Crippen molar-refractivity contribution in [2.75, 3.05) is 23.7 Å². The maximum absolute atomic E-state index is 13.1. The van der Waals surface area contributed by atoms with Crippen molar-refractivity contribution in [1.29, 1.82) is 0 Å². The summed E-state index contributed by atoms with van der Waals surface area (Å²) in [5, 5.41) is 16.4. The van der Waals surface area contributed by atoms with E-state index in [1.807, 2.05) is 6.07 Å². The lowest BCUT2D eigenvalue weighted by atomic mass is 9.94. The molecule has 2 aromatic carbocycles. The number of anilines is 2. The zero-order valence-electron chi connectivity index (χ0n) is 18.8. The molecular weight excluding hydrogens is 444 g/mol. The highest BCUT2D eigenvalue weighted by Crippen LogP contribution is 2.40. The molecule has 1 fully saturated rings. The summed E-state index contributed by atoms with van der Waals surface area (Å²) in [6.07, 6.45) is 0.0522. The molecule has 1 atom stereocenters. The maximum atomic E-state index is 13.1. The SMILES string of the molecule is CC(F)(F)Oc1ccc2c(c1)NCC(C(=O)Nc1cc(O)c(C3CCCC3)cc1C#CCN)O2. The zero-order valence-corrected chi connectivity index (χ0v) is 18.8. The smallest absolute Gasteiger partial charge is 0.394 e. The Balaban J connectivity index is 1.51. The number of phenols is 1. The standard InChI is InChI=1S/C25H27F2N3O4/c1-25(26,27)34-17-8-9-22-20(12-17)29-14-23(33-22)24(32)30-19-13-21(31)18(15-5-2-3-6-15)11-16(19)7-4-10-28/h8-9,11-13,15,23,29,31H,2-3,5-6,10,14,28H2,1H3,(H,30,32). The van der Waals surface area contributed by atoms with E-state index in [-0.39, 0.29) is 30.5 Å². The van der Waals surface area contributed by atoms with Gasteiger partial charge in [0.2, 0.25) is 0 Å². The number of alkyl halides is 2. The van der Waals surface area contributed by atoms with Crippen LogP contribution in [0.1, 0.15) is 49.7 Å². The van der Waals surface area contributed by atoms with Crippen LogP contribution in [0.15, 0.2) is 30.3 Å². The summed E-state index contributed by atoms with van der Waals surface area (Å²) in [4.78, 5) is 13.0. The molecule has 0 radical (unpaired) electrons. The van der Waals surface area contributed by atoms with E-state index in [0.717, 1.165) is 31.2 Å². The summed E-state index contributed by atoms with van der Waals surface area (Å²) in [5.41, 5.74) is 7.75. The number of halogens is 2. The third-order valence-electron chi connectivity index (χ3n) is 5.83. The lowest BCUT2D eigenvalue weighted by Gasteiger charge is -2.27. The molecule has 1 aliphatic heterocycles. The second-order valence-electron chi connectivity index (χ2n) is 8.49. The van der Waals surface area contributed by atoms with Crippen LogP contribution in [0.25, 0.3) is 0 Å². The van der Waals surface area contributed by atoms with E-state index >= 15 is 0 Å². The second-order valence-corrected chi connectivity index (χ2v) is 8.49. The number of carbonyl (C=O) groups excluding carboxylic acids is 1. The molecule has 0 aromatic heterocycles. The predicted molar refractivity (Wildman–Crippen MR) is 124 cm³/mol. The number of rotatable bonds is 5. The number of hydrogen-bond donors (Lipinski definition) is 4. The van der Waals surface area contributed by atoms with Crippen molar-refractivity contribution in [3.8, 4) is 29.1 Å². The van der Waals surface area contributed by atoms with E-state index in [0.29, 0.717) is 29.6 Å². The molecule has 1 unspecified atom stereocenters. The van der Waals surface area contributed by atoms with Gasteiger partial charge in [0.05, 0.1) is 24.5 Å². The van der Waals surface area contributed by atoms with Gasteiger partial charge in [-0.15, -0.1) is 0 Å². The van der Waals surface area contributed by atoms with E-state index in [4.69, 9.17) is 10.5 Å². The molecule has 0 bridgehead atoms. The first-order valence-corrected chi connectivity index (χ1v) is 11.2. The molecule has 34 heavy (non-hydrogen) atoms. The van der Waals surface area contributed by atoms with Crippen LogP contribution in [-0.4, -0.2) is 36.3 Å². The number of carbonyl (C=O) groups is 1. The summed E-state index contributed by atoms with van der Waals surface area (Å²) in [7, 11) is 0. The third-order valence-corrected chi connectivity index (χ3v) is 5.83. The van der Waals surface area contributed by atoms with Crippen molar-refractivity contribution in [2.45, 2.75) is 50.7 Å². The molecule has 1 heterocycles. The molecule has 7 nitrogen and oxygen atoms in total. The van der Waals surface area contributed by atoms with E-state index in [1.54, 1.807) is 0 Å². The minimum Gasteiger partial charge on any atom is -0.508 e. The number of nitrogens with two attached hydrogens (primary N) is 1. The number of hydrogen-bond acceptors (Lipinski definition) is 6. The van der Waals surface area contributed by atoms with Crippen LogP contribution >= 0.6 is 0 Å². The Morgan fingerprint density at radius 3 is 2.79 bits per heavy atom. The number of ether oxygens (including phenoxy) is 2. The minimum atomic E-state index is -3.31. The Kier molecular flexibility index (Phi) is 6.80. The van der Waals surface area contributed by atoms with Crippen LogP contribution in [0, 0.1) is 11.8 Å². The van der Waals surface area contributed by atoms with Gasteiger partial charge in [0.15, 0.2) is 6.10 Å². The summed E-state index contributed by atoms with van der Waals surface area (Å²) in [5.74, 6) is 6.05. The summed E-state index contributed by atoms with van der Waals surface area (Å²) in [6, 6.07) is 7.54. The fourth-order valence-electron chi connectivity index (χ4n) is 4.30. The minimum absolute atomic E-state index is 0.0220. The van der Waals surface area contributed by atoms with E-state index in [9.17, 15) is 18.7 Å². The number of benzene rings is 2. The van der Waals surface area contributed by atoms with Crippen LogP contribution in [-0.2, 0) is 4.79 Å². The summed E-state index contributed by atoms with van der Waals surface area (Å²) in [6.45, 7) is 0.927. The molecule has 180 valence electrons. The quantitative estimate of drug-likeness (QED) is 0.488. The molecular formula is C25H27F2N3O4. The lowest BCUT2D eigenvalue weighted by molar-refractivity contribution is -0.158. The third kappa shape index (κ3) is 5.51. The molecule has 4 rings (SSSR count). The molecule has 1 aliphatic carbocycles. The Labute approximate surface area is 196 Å². The highest BCUT2D eigenvalue weighted by molar-refractivity contribution is 5.96. The number of nitrogens with one attached hydrogen (secondary N) is 2. The fraction of sp³-hybridized carbons (Fsp3) is 0.400. The first-order chi connectivity index (χ1) is 16.2. The first-order valence-electron chi connectivity index (χ1n) is 11.2. The van der Waals surface area contributed by atoms with Crippen molar-refractivity contribution in [3.63, 3.8) is 0 Å². The molecule has 1 amide bonds. The topological polar surface area (TPSA) is 106 Å². The van der Waals surface area contributed by atoms with Crippen molar-refractivity contribution in [1.82, 2.24) is 0 Å². The van der Waals surface area contributed by atoms with Gasteiger partial charge in [-0.2, -0.15) is 8.78 Å². The highest BCUT2D eigenvalue weighted by Gasteiger charge is 2.29. The van der Waals surface area contributed by atoms with Crippen molar-refractivity contribution >= 4 is 17.3 Å². The molecule has 2 aromatic rings. The Bertz CT molecular complexity index is 1130. The Morgan fingerprint density at radius 1 is 1.32 bits per heavy atom. The lowest BCUT2D eigenvalue weighted by Crippen LogP contribution is -2.41. The van der Waals surface area contributed by atoms with Gasteiger partial charge < -0.3 is 30.9 Å². The van der Waals surface area contributed by atoms with Gasteiger partial charge in [-0.1, -0.05) is 24.7 Å². The van der Waals surface area contributed by atoms with Crippen molar-refractivity contribution in [3.05, 3.63) is 41.5 Å². The van der Waals surface area contributed by atoms with E-state index in [1.165, 1.54) is 24.3 Å². The van der Waals surface area contributed by atoms with E-state index in [2.05, 4.69) is 27.2 Å². The number of amides is 1. The average Bonchev–Trinajstić information content (AvgIpc) is 3.31. The number of aromatic hydroxyl groups is 1. The van der Waals surface area contributed by atoms with Gasteiger partial charge in [-0.3, -0.25) is 4.79 Å². The molecule has 9 heteroatoms. The second kappa shape index (κ2) is 9.77. The average molecular weight is 472 g/mol. The Morgan fingerprint density at radius 2 is 2.09 bits per heavy atom. The van der Waals surface area contributed by atoms with Gasteiger partial charge in [0, 0.05) is 24.6 Å². The van der Waals surface area contributed by atoms with Crippen LogP contribution in [0.3, 0.4) is 0 Å². The Hall–Kier alpha value is -3.51. The molecule has 2 aliphatic rings. The summed E-state index contributed by atoms with van der Waals surface area (Å²) >= 11 is 0. The maximum Gasteiger partial charge on any atom is 0.394 e. The van der Waals surface area contributed by atoms with Crippen LogP contribution < -0.4 is 25.8 Å². The molecule has 0 saturated heterocycles. The van der Waals surface area contributed by atoms with Crippen molar-refractivity contribution < 1.29 is 28.2 Å². The fourth-order valence-corrected chi connectivity index (χ4v) is 4.30. The van der Waals surface area contributed by atoms with Gasteiger partial charge >= 0.3 is 6.11 Å². The number of fused-ring (bicyclic) bond motifs is 1. The largest absolute Gasteiger partial charge is 0.508 e. The number of phenolic OH excluding ortho intramolecular Hbond substituents is 1. The molecule has 0 spiro atoms. The molecule has 5 N–H and O–H groups in total. The van der Waals surface area contributed by atoms with Crippen LogP contribution in [0.4, 0.5) is 20.2 Å². The van der Waals surface area contributed by atoms with Gasteiger partial charge in [-0.25, -0.2) is 0 Å². The first kappa shape index (κ1) is 23.6. The van der Waals surface area contributed by atoms with Crippen LogP contribution in [0.2, 0.25) is 0 Å². The monoisotopic (exact) mass is 471 g/mol. The van der Waals surface area contributed by atoms with Gasteiger partial charge in [0.1, 0.15) is 17.2 Å². The van der Waals surface area contributed by atoms with Crippen molar-refractivity contribution in [2.24, 2.45) is 5.73 Å². The van der Waals surface area contributed by atoms with Gasteiger partial charge in [-0.05, 0) is 42.5 Å². The normalized spacial score (nSPS) is 17.6. The predicted octanol–water partition coefficient (Wildman–Crippen LogP) is 4.16. The highest BCUT2D eigenvalue weighted by atomic mass is 19.3. The van der Waals surface area contributed by atoms with Gasteiger partial charge in [0.25, 0.3) is 5.91 Å². The van der Waals surface area contributed by atoms with E-state index < -0.39 is 18.1 Å². The van der Waals surface area contributed by atoms with Crippen LogP contribution in [0.5, 0.6) is 17.2 Å². The molecule has 1 saturated carbocycles. The summed E-state index contributed by atoms with van der Waals surface area (Å²) < 4.78 is 36.6.